The number of nitrogens with zero attached hydrogens (tertiary/aromatic N) is 2. The lowest BCUT2D eigenvalue weighted by Gasteiger charge is -2.08. The number of carbonyl (C=O) groups is 1. The zero-order valence-electron chi connectivity index (χ0n) is 9.05. The number of primary amides is 1. The van der Waals surface area contributed by atoms with E-state index in [2.05, 4.69) is 5.10 Å². The lowest BCUT2D eigenvalue weighted by Crippen LogP contribution is -2.13. The second kappa shape index (κ2) is 4.18. The molecule has 0 aliphatic heterocycles. The summed E-state index contributed by atoms with van der Waals surface area (Å²) in [5.41, 5.74) is 7.61. The second-order valence-corrected chi connectivity index (χ2v) is 3.44. The molecule has 0 saturated carbocycles. The molecule has 2 rings (SSSR count). The van der Waals surface area contributed by atoms with E-state index in [1.165, 1.54) is 0 Å². The first kappa shape index (κ1) is 10.4. The van der Waals surface area contributed by atoms with Crippen molar-refractivity contribution in [2.24, 2.45) is 5.73 Å². The van der Waals surface area contributed by atoms with Crippen LogP contribution in [0.2, 0.25) is 0 Å². The van der Waals surface area contributed by atoms with Gasteiger partial charge in [-0.3, -0.25) is 9.48 Å². The van der Waals surface area contributed by atoms with Gasteiger partial charge in [-0.25, -0.2) is 0 Å². The highest BCUT2D eigenvalue weighted by atomic mass is 16.1. The van der Waals surface area contributed by atoms with Crippen LogP contribution < -0.4 is 5.73 Å². The number of aryl methyl sites for hydroxylation is 1. The zero-order chi connectivity index (χ0) is 11.5. The lowest BCUT2D eigenvalue weighted by molar-refractivity contribution is 0.100. The van der Waals surface area contributed by atoms with Crippen LogP contribution >= 0.6 is 0 Å². The highest BCUT2D eigenvalue weighted by molar-refractivity contribution is 5.99. The summed E-state index contributed by atoms with van der Waals surface area (Å²) in [6, 6.07) is 9.17. The maximum Gasteiger partial charge on any atom is 0.249 e. The van der Waals surface area contributed by atoms with Gasteiger partial charge in [-0.1, -0.05) is 18.2 Å². The SMILES string of the molecule is CCn1nccc1-c1ccccc1C(N)=O. The Kier molecular flexibility index (Phi) is 2.72. The minimum absolute atomic E-state index is 0.417. The molecule has 2 aromatic rings. The average Bonchev–Trinajstić information content (AvgIpc) is 2.76. The van der Waals surface area contributed by atoms with Crippen molar-refractivity contribution in [3.05, 3.63) is 42.1 Å². The van der Waals surface area contributed by atoms with E-state index in [4.69, 9.17) is 5.73 Å². The van der Waals surface area contributed by atoms with Crippen LogP contribution in [0.4, 0.5) is 0 Å². The third kappa shape index (κ3) is 1.69. The Morgan fingerprint density at radius 1 is 1.38 bits per heavy atom. The van der Waals surface area contributed by atoms with Gasteiger partial charge in [0.15, 0.2) is 0 Å². The Morgan fingerprint density at radius 3 is 2.81 bits per heavy atom. The Bertz CT molecular complexity index is 516. The van der Waals surface area contributed by atoms with Crippen molar-refractivity contribution in [2.75, 3.05) is 0 Å². The molecule has 2 N–H and O–H groups in total. The standard InChI is InChI=1S/C12H13N3O/c1-2-15-11(7-8-14-15)9-5-3-4-6-10(9)12(13)16/h3-8H,2H2,1H3,(H2,13,16). The summed E-state index contributed by atoms with van der Waals surface area (Å²) in [4.78, 5) is 11.3. The van der Waals surface area contributed by atoms with Gasteiger partial charge in [-0.15, -0.1) is 0 Å². The van der Waals surface area contributed by atoms with Crippen LogP contribution in [0, 0.1) is 0 Å². The van der Waals surface area contributed by atoms with Crippen molar-refractivity contribution in [2.45, 2.75) is 13.5 Å². The Labute approximate surface area is 93.7 Å². The molecule has 0 saturated heterocycles. The van der Waals surface area contributed by atoms with E-state index < -0.39 is 5.91 Å². The van der Waals surface area contributed by atoms with E-state index in [0.29, 0.717) is 5.56 Å². The average molecular weight is 215 g/mol. The zero-order valence-corrected chi connectivity index (χ0v) is 9.05. The second-order valence-electron chi connectivity index (χ2n) is 3.44. The van der Waals surface area contributed by atoms with Gasteiger partial charge in [-0.2, -0.15) is 5.10 Å². The monoisotopic (exact) mass is 215 g/mol. The van der Waals surface area contributed by atoms with E-state index in [9.17, 15) is 4.79 Å². The highest BCUT2D eigenvalue weighted by Gasteiger charge is 2.11. The quantitative estimate of drug-likeness (QED) is 0.846. The molecule has 0 spiro atoms. The van der Waals surface area contributed by atoms with Gasteiger partial charge in [0.1, 0.15) is 0 Å². The van der Waals surface area contributed by atoms with Crippen molar-refractivity contribution < 1.29 is 4.79 Å². The third-order valence-electron chi connectivity index (χ3n) is 2.48. The van der Waals surface area contributed by atoms with Crippen molar-refractivity contribution in [3.63, 3.8) is 0 Å². The van der Waals surface area contributed by atoms with E-state index in [0.717, 1.165) is 17.8 Å². The fraction of sp³-hybridized carbons (Fsp3) is 0.167. The van der Waals surface area contributed by atoms with E-state index in [1.807, 2.05) is 29.8 Å². The molecule has 0 atom stereocenters. The molecule has 0 bridgehead atoms. The molecule has 4 heteroatoms. The fourth-order valence-electron chi connectivity index (χ4n) is 1.73. The molecule has 0 radical (unpaired) electrons. The number of hydrogen-bond acceptors (Lipinski definition) is 2. The first-order valence-corrected chi connectivity index (χ1v) is 5.15. The topological polar surface area (TPSA) is 60.9 Å². The molecule has 1 heterocycles. The maximum absolute atomic E-state index is 11.3. The van der Waals surface area contributed by atoms with Crippen molar-refractivity contribution >= 4 is 5.91 Å². The highest BCUT2D eigenvalue weighted by Crippen LogP contribution is 2.22. The smallest absolute Gasteiger partial charge is 0.249 e. The molecular formula is C12H13N3O. The summed E-state index contributed by atoms with van der Waals surface area (Å²) < 4.78 is 1.84. The summed E-state index contributed by atoms with van der Waals surface area (Å²) in [7, 11) is 0. The molecule has 0 fully saturated rings. The summed E-state index contributed by atoms with van der Waals surface area (Å²) in [5, 5.41) is 4.18. The molecule has 0 aliphatic carbocycles. The van der Waals surface area contributed by atoms with Crippen LogP contribution in [0.1, 0.15) is 17.3 Å². The number of nitrogens with two attached hydrogens (primary N) is 1. The molecular weight excluding hydrogens is 202 g/mol. The lowest BCUT2D eigenvalue weighted by atomic mass is 10.0. The molecule has 4 nitrogen and oxygen atoms in total. The van der Waals surface area contributed by atoms with Gasteiger partial charge in [0, 0.05) is 23.9 Å². The number of benzene rings is 1. The maximum atomic E-state index is 11.3. The molecule has 1 aromatic carbocycles. The normalized spacial score (nSPS) is 10.3. The van der Waals surface area contributed by atoms with Crippen LogP contribution in [0.25, 0.3) is 11.3 Å². The molecule has 82 valence electrons. The van der Waals surface area contributed by atoms with Crippen molar-refractivity contribution in [1.82, 2.24) is 9.78 Å². The minimum atomic E-state index is -0.417. The van der Waals surface area contributed by atoms with E-state index >= 15 is 0 Å². The van der Waals surface area contributed by atoms with Crippen LogP contribution in [0.5, 0.6) is 0 Å². The van der Waals surface area contributed by atoms with Gasteiger partial charge < -0.3 is 5.73 Å². The Balaban J connectivity index is 2.60. The van der Waals surface area contributed by atoms with Crippen LogP contribution in [0.15, 0.2) is 36.5 Å². The molecule has 0 aliphatic rings. The van der Waals surface area contributed by atoms with Crippen LogP contribution in [-0.4, -0.2) is 15.7 Å². The molecule has 16 heavy (non-hydrogen) atoms. The van der Waals surface area contributed by atoms with Gasteiger partial charge >= 0.3 is 0 Å². The first-order chi connectivity index (χ1) is 7.74. The first-order valence-electron chi connectivity index (χ1n) is 5.15. The largest absolute Gasteiger partial charge is 0.366 e. The summed E-state index contributed by atoms with van der Waals surface area (Å²) in [6.45, 7) is 2.76. The number of amides is 1. The van der Waals surface area contributed by atoms with Gasteiger partial charge in [-0.05, 0) is 19.1 Å². The van der Waals surface area contributed by atoms with Gasteiger partial charge in [0.25, 0.3) is 0 Å². The van der Waals surface area contributed by atoms with Gasteiger partial charge in [0.05, 0.1) is 5.69 Å². The molecule has 1 amide bonds. The predicted molar refractivity (Wildman–Crippen MR) is 61.9 cm³/mol. The summed E-state index contributed by atoms with van der Waals surface area (Å²) in [6.07, 6.45) is 1.72. The van der Waals surface area contributed by atoms with Crippen LogP contribution in [-0.2, 0) is 6.54 Å². The number of rotatable bonds is 3. The summed E-state index contributed by atoms with van der Waals surface area (Å²) >= 11 is 0. The Morgan fingerprint density at radius 2 is 2.12 bits per heavy atom. The summed E-state index contributed by atoms with van der Waals surface area (Å²) in [5.74, 6) is -0.417. The van der Waals surface area contributed by atoms with Crippen molar-refractivity contribution in [1.29, 1.82) is 0 Å². The predicted octanol–water partition coefficient (Wildman–Crippen LogP) is 1.67. The minimum Gasteiger partial charge on any atom is -0.366 e. The Hall–Kier alpha value is -2.10. The fourth-order valence-corrected chi connectivity index (χ4v) is 1.73. The van der Waals surface area contributed by atoms with Crippen LogP contribution in [0.3, 0.4) is 0 Å². The van der Waals surface area contributed by atoms with E-state index in [-0.39, 0.29) is 0 Å². The number of aromatic nitrogens is 2. The molecule has 1 aromatic heterocycles. The number of hydrogen-bond donors (Lipinski definition) is 1. The van der Waals surface area contributed by atoms with Crippen molar-refractivity contribution in [3.8, 4) is 11.3 Å². The number of carbonyl (C=O) groups excluding carboxylic acids is 1. The molecule has 0 unspecified atom stereocenters. The third-order valence-corrected chi connectivity index (χ3v) is 2.48. The van der Waals surface area contributed by atoms with Gasteiger partial charge in [0.2, 0.25) is 5.91 Å². The van der Waals surface area contributed by atoms with E-state index in [1.54, 1.807) is 18.3 Å².